The normalized spacial score (nSPS) is 9.83. The standard InChI is InChI=1S/C15H13BrN2/c1-2-18(13-6-4-3-5-7-13)14-9-8-12(11-17)15(16)10-14/h3-10H,2H2,1H3. The van der Waals surface area contributed by atoms with Gasteiger partial charge >= 0.3 is 0 Å². The number of benzene rings is 2. The van der Waals surface area contributed by atoms with Crippen LogP contribution in [-0.4, -0.2) is 6.54 Å². The highest BCUT2D eigenvalue weighted by Gasteiger charge is 2.08. The Bertz CT molecular complexity index is 573. The lowest BCUT2D eigenvalue weighted by Crippen LogP contribution is -2.15. The van der Waals surface area contributed by atoms with Crippen LogP contribution in [-0.2, 0) is 0 Å². The summed E-state index contributed by atoms with van der Waals surface area (Å²) < 4.78 is 0.830. The molecule has 0 fully saturated rings. The van der Waals surface area contributed by atoms with Gasteiger partial charge in [-0.2, -0.15) is 5.26 Å². The molecule has 3 heteroatoms. The fraction of sp³-hybridized carbons (Fsp3) is 0.133. The summed E-state index contributed by atoms with van der Waals surface area (Å²) >= 11 is 3.43. The minimum atomic E-state index is 0.655. The number of hydrogen-bond acceptors (Lipinski definition) is 2. The summed E-state index contributed by atoms with van der Waals surface area (Å²) in [5.74, 6) is 0. The Morgan fingerprint density at radius 3 is 2.39 bits per heavy atom. The highest BCUT2D eigenvalue weighted by atomic mass is 79.9. The molecule has 2 rings (SSSR count). The van der Waals surface area contributed by atoms with E-state index in [0.717, 1.165) is 22.4 Å². The van der Waals surface area contributed by atoms with Gasteiger partial charge in [0.25, 0.3) is 0 Å². The molecule has 0 N–H and O–H groups in total. The van der Waals surface area contributed by atoms with Gasteiger partial charge in [0.05, 0.1) is 5.56 Å². The predicted molar refractivity (Wildman–Crippen MR) is 78.0 cm³/mol. The van der Waals surface area contributed by atoms with Crippen LogP contribution in [0.4, 0.5) is 11.4 Å². The molecule has 0 spiro atoms. The molecule has 0 aliphatic heterocycles. The smallest absolute Gasteiger partial charge is 0.100 e. The van der Waals surface area contributed by atoms with E-state index in [9.17, 15) is 0 Å². The molecule has 0 aliphatic carbocycles. The predicted octanol–water partition coefficient (Wildman–Crippen LogP) is 4.48. The quantitative estimate of drug-likeness (QED) is 0.836. The Kier molecular flexibility index (Phi) is 4.01. The molecule has 18 heavy (non-hydrogen) atoms. The lowest BCUT2D eigenvalue weighted by Gasteiger charge is -2.23. The van der Waals surface area contributed by atoms with Crippen LogP contribution in [0.25, 0.3) is 0 Å². The third-order valence-electron chi connectivity index (χ3n) is 2.77. The van der Waals surface area contributed by atoms with E-state index < -0.39 is 0 Å². The van der Waals surface area contributed by atoms with Gasteiger partial charge in [-0.15, -0.1) is 0 Å². The van der Waals surface area contributed by atoms with E-state index in [1.54, 1.807) is 0 Å². The molecular weight excluding hydrogens is 288 g/mol. The Hall–Kier alpha value is -1.79. The van der Waals surface area contributed by atoms with Crippen molar-refractivity contribution in [1.29, 1.82) is 5.26 Å². The van der Waals surface area contributed by atoms with Crippen LogP contribution in [0.2, 0.25) is 0 Å². The molecule has 0 saturated heterocycles. The number of hydrogen-bond donors (Lipinski definition) is 0. The highest BCUT2D eigenvalue weighted by Crippen LogP contribution is 2.28. The van der Waals surface area contributed by atoms with E-state index in [2.05, 4.69) is 46.0 Å². The summed E-state index contributed by atoms with van der Waals surface area (Å²) in [5, 5.41) is 8.93. The van der Waals surface area contributed by atoms with Gasteiger partial charge in [0, 0.05) is 22.4 Å². The Morgan fingerprint density at radius 1 is 1.11 bits per heavy atom. The first-order chi connectivity index (χ1) is 8.76. The SMILES string of the molecule is CCN(c1ccccc1)c1ccc(C#N)c(Br)c1. The van der Waals surface area contributed by atoms with Gasteiger partial charge in [-0.05, 0) is 53.2 Å². The first-order valence-corrected chi connectivity index (χ1v) is 6.57. The molecule has 2 nitrogen and oxygen atoms in total. The largest absolute Gasteiger partial charge is 0.342 e. The zero-order valence-electron chi connectivity index (χ0n) is 10.1. The van der Waals surface area contributed by atoms with Crippen LogP contribution in [0.5, 0.6) is 0 Å². The van der Waals surface area contributed by atoms with Gasteiger partial charge in [0.2, 0.25) is 0 Å². The van der Waals surface area contributed by atoms with Gasteiger partial charge in [-0.25, -0.2) is 0 Å². The van der Waals surface area contributed by atoms with Gasteiger partial charge in [-0.3, -0.25) is 0 Å². The summed E-state index contributed by atoms with van der Waals surface area (Å²) in [6.07, 6.45) is 0. The maximum absolute atomic E-state index is 8.93. The molecule has 0 saturated carbocycles. The first kappa shape index (κ1) is 12.7. The summed E-state index contributed by atoms with van der Waals surface area (Å²) in [4.78, 5) is 2.20. The van der Waals surface area contributed by atoms with Gasteiger partial charge < -0.3 is 4.90 Å². The van der Waals surface area contributed by atoms with Crippen molar-refractivity contribution in [3.05, 3.63) is 58.6 Å². The first-order valence-electron chi connectivity index (χ1n) is 5.78. The maximum atomic E-state index is 8.93. The molecular formula is C15H13BrN2. The van der Waals surface area contributed by atoms with Crippen molar-refractivity contribution in [2.75, 3.05) is 11.4 Å². The van der Waals surface area contributed by atoms with E-state index in [0.29, 0.717) is 5.56 Å². The average Bonchev–Trinajstić information content (AvgIpc) is 2.41. The molecule has 2 aromatic rings. The molecule has 0 radical (unpaired) electrons. The summed E-state index contributed by atoms with van der Waals surface area (Å²) in [5.41, 5.74) is 2.88. The van der Waals surface area contributed by atoms with Gasteiger partial charge in [0.15, 0.2) is 0 Å². The van der Waals surface area contributed by atoms with E-state index >= 15 is 0 Å². The number of nitriles is 1. The molecule has 0 unspecified atom stereocenters. The topological polar surface area (TPSA) is 27.0 Å². The summed E-state index contributed by atoms with van der Waals surface area (Å²) in [6.45, 7) is 2.99. The lowest BCUT2D eigenvalue weighted by molar-refractivity contribution is 1.02. The summed E-state index contributed by atoms with van der Waals surface area (Å²) in [7, 11) is 0. The van der Waals surface area contributed by atoms with Crippen LogP contribution in [0.1, 0.15) is 12.5 Å². The number of halogens is 1. The van der Waals surface area contributed by atoms with Crippen LogP contribution in [0.15, 0.2) is 53.0 Å². The number of rotatable bonds is 3. The second-order valence-electron chi connectivity index (χ2n) is 3.86. The van der Waals surface area contributed by atoms with Crippen LogP contribution in [0.3, 0.4) is 0 Å². The fourth-order valence-electron chi connectivity index (χ4n) is 1.88. The molecule has 0 aromatic heterocycles. The number of para-hydroxylation sites is 1. The van der Waals surface area contributed by atoms with Crippen molar-refractivity contribution in [3.8, 4) is 6.07 Å². The van der Waals surface area contributed by atoms with Gasteiger partial charge in [-0.1, -0.05) is 18.2 Å². The third-order valence-corrected chi connectivity index (χ3v) is 3.42. The second-order valence-corrected chi connectivity index (χ2v) is 4.71. The van der Waals surface area contributed by atoms with Crippen molar-refractivity contribution in [2.24, 2.45) is 0 Å². The fourth-order valence-corrected chi connectivity index (χ4v) is 2.34. The molecule has 90 valence electrons. The zero-order chi connectivity index (χ0) is 13.0. The average molecular weight is 301 g/mol. The van der Waals surface area contributed by atoms with E-state index in [1.165, 1.54) is 0 Å². The van der Waals surface area contributed by atoms with Crippen molar-refractivity contribution < 1.29 is 0 Å². The zero-order valence-corrected chi connectivity index (χ0v) is 11.7. The molecule has 0 aliphatic rings. The lowest BCUT2D eigenvalue weighted by atomic mass is 10.2. The minimum Gasteiger partial charge on any atom is -0.342 e. The van der Waals surface area contributed by atoms with Crippen molar-refractivity contribution >= 4 is 27.3 Å². The highest BCUT2D eigenvalue weighted by molar-refractivity contribution is 9.10. The monoisotopic (exact) mass is 300 g/mol. The minimum absolute atomic E-state index is 0.655. The Balaban J connectivity index is 2.41. The molecule has 2 aromatic carbocycles. The third kappa shape index (κ3) is 2.55. The van der Waals surface area contributed by atoms with Crippen molar-refractivity contribution in [1.82, 2.24) is 0 Å². The number of nitrogens with zero attached hydrogens (tertiary/aromatic N) is 2. The van der Waals surface area contributed by atoms with Crippen LogP contribution >= 0.6 is 15.9 Å². The van der Waals surface area contributed by atoms with Crippen molar-refractivity contribution in [3.63, 3.8) is 0 Å². The Labute approximate surface area is 116 Å². The van der Waals surface area contributed by atoms with E-state index in [1.807, 2.05) is 36.4 Å². The van der Waals surface area contributed by atoms with Crippen LogP contribution < -0.4 is 4.90 Å². The molecule has 0 amide bonds. The molecule has 0 bridgehead atoms. The van der Waals surface area contributed by atoms with Crippen LogP contribution in [0, 0.1) is 11.3 Å². The van der Waals surface area contributed by atoms with E-state index in [-0.39, 0.29) is 0 Å². The van der Waals surface area contributed by atoms with Crippen molar-refractivity contribution in [2.45, 2.75) is 6.92 Å². The Morgan fingerprint density at radius 2 is 1.83 bits per heavy atom. The second kappa shape index (κ2) is 5.70. The number of anilines is 2. The molecule has 0 heterocycles. The van der Waals surface area contributed by atoms with Gasteiger partial charge in [0.1, 0.15) is 6.07 Å². The van der Waals surface area contributed by atoms with E-state index in [4.69, 9.17) is 5.26 Å². The maximum Gasteiger partial charge on any atom is 0.100 e. The molecule has 0 atom stereocenters. The summed E-state index contributed by atoms with van der Waals surface area (Å²) in [6, 6.07) is 18.2.